The number of nitrogens with zero attached hydrogens (tertiary/aromatic N) is 3. The number of aromatic nitrogens is 2. The second-order valence-electron chi connectivity index (χ2n) is 12.5. The summed E-state index contributed by atoms with van der Waals surface area (Å²) >= 11 is 0. The van der Waals surface area contributed by atoms with Crippen molar-refractivity contribution in [3.8, 4) is 5.88 Å². The molecule has 1 aliphatic carbocycles. The molecule has 1 N–H and O–H groups in total. The zero-order chi connectivity index (χ0) is 29.4. The van der Waals surface area contributed by atoms with Crippen LogP contribution in [0.3, 0.4) is 0 Å². The van der Waals surface area contributed by atoms with Crippen molar-refractivity contribution in [3.05, 3.63) is 64.5 Å². The molecule has 1 fully saturated rings. The van der Waals surface area contributed by atoms with Crippen LogP contribution in [0.4, 0.5) is 10.1 Å². The zero-order valence-corrected chi connectivity index (χ0v) is 25.3. The fourth-order valence-electron chi connectivity index (χ4n) is 6.00. The molecule has 1 amide bonds. The molecule has 222 valence electrons. The molecule has 0 bridgehead atoms. The number of hydrogen-bond donors (Lipinski definition) is 1. The molecule has 0 radical (unpaired) electrons. The van der Waals surface area contributed by atoms with Gasteiger partial charge < -0.3 is 28.7 Å². The van der Waals surface area contributed by atoms with Gasteiger partial charge in [-0.2, -0.15) is 0 Å². The number of halogens is 1. The number of benzene rings is 1. The predicted octanol–water partition coefficient (Wildman–Crippen LogP) is 5.42. The third kappa shape index (κ3) is 5.86. The Morgan fingerprint density at radius 1 is 1.10 bits per heavy atom. The van der Waals surface area contributed by atoms with E-state index in [1.165, 1.54) is 6.07 Å². The lowest BCUT2D eigenvalue weighted by atomic mass is 9.89. The second-order valence-corrected chi connectivity index (χ2v) is 18.1. The van der Waals surface area contributed by atoms with Gasteiger partial charge in [-0.3, -0.25) is 4.79 Å². The van der Waals surface area contributed by atoms with E-state index in [9.17, 15) is 14.0 Å². The fraction of sp³-hybridized carbons (Fsp3) is 0.452. The fourth-order valence-corrected chi connectivity index (χ4v) is 6.76. The van der Waals surface area contributed by atoms with Crippen molar-refractivity contribution in [3.63, 3.8) is 0 Å². The second kappa shape index (κ2) is 11.6. The molecule has 1 aliphatic heterocycles. The van der Waals surface area contributed by atoms with E-state index < -0.39 is 13.9 Å². The van der Waals surface area contributed by atoms with Crippen LogP contribution in [-0.4, -0.2) is 48.8 Å². The summed E-state index contributed by atoms with van der Waals surface area (Å²) in [5, 5.41) is 5.11. The van der Waals surface area contributed by atoms with Gasteiger partial charge in [0.05, 0.1) is 17.1 Å². The van der Waals surface area contributed by atoms with Crippen LogP contribution in [-0.2, 0) is 22.8 Å². The topological polar surface area (TPSA) is 98.8 Å². The van der Waals surface area contributed by atoms with Crippen molar-refractivity contribution in [1.29, 1.82) is 0 Å². The molecule has 9 nitrogen and oxygen atoms in total. The summed E-state index contributed by atoms with van der Waals surface area (Å²) in [4.78, 5) is 31.4. The maximum Gasteiger partial charge on any atom is 0.345 e. The van der Waals surface area contributed by atoms with Gasteiger partial charge in [0.15, 0.2) is 6.61 Å². The van der Waals surface area contributed by atoms with Crippen LogP contribution < -0.4 is 20.6 Å². The molecule has 4 heterocycles. The molecule has 0 unspecified atom stereocenters. The van der Waals surface area contributed by atoms with Gasteiger partial charge in [-0.25, -0.2) is 14.2 Å². The monoisotopic (exact) mass is 592 g/mol. The molecule has 11 heteroatoms. The van der Waals surface area contributed by atoms with Crippen molar-refractivity contribution in [2.45, 2.75) is 76.7 Å². The van der Waals surface area contributed by atoms with Gasteiger partial charge in [0.25, 0.3) is 5.91 Å². The van der Waals surface area contributed by atoms with E-state index in [0.717, 1.165) is 54.5 Å². The number of anilines is 1. The summed E-state index contributed by atoms with van der Waals surface area (Å²) in [6.45, 7) is 8.48. The summed E-state index contributed by atoms with van der Waals surface area (Å²) in [6, 6.07) is 12.1. The Kier molecular flexibility index (Phi) is 7.90. The van der Waals surface area contributed by atoms with Gasteiger partial charge in [0.1, 0.15) is 23.8 Å². The van der Waals surface area contributed by atoms with Crippen molar-refractivity contribution < 1.29 is 23.1 Å². The highest BCUT2D eigenvalue weighted by Crippen LogP contribution is 2.36. The largest absolute Gasteiger partial charge is 0.466 e. The first-order chi connectivity index (χ1) is 20.2. The first-order valence-corrected chi connectivity index (χ1v) is 18.3. The van der Waals surface area contributed by atoms with E-state index in [4.69, 9.17) is 13.9 Å². The minimum Gasteiger partial charge on any atom is -0.466 e. The maximum atomic E-state index is 14.0. The minimum absolute atomic E-state index is 0.0380. The van der Waals surface area contributed by atoms with Crippen molar-refractivity contribution in [2.24, 2.45) is 0 Å². The molecular formula is C31H37FN4O5Si. The van der Waals surface area contributed by atoms with E-state index in [2.05, 4.69) is 34.5 Å². The molecule has 6 rings (SSSR count). The lowest BCUT2D eigenvalue weighted by molar-refractivity contribution is -0.122. The smallest absolute Gasteiger partial charge is 0.345 e. The average molecular weight is 593 g/mol. The molecule has 42 heavy (non-hydrogen) atoms. The maximum absolute atomic E-state index is 14.0. The Labute approximate surface area is 244 Å². The van der Waals surface area contributed by atoms with Gasteiger partial charge in [-0.1, -0.05) is 31.8 Å². The van der Waals surface area contributed by atoms with E-state index in [1.54, 1.807) is 4.90 Å². The lowest BCUT2D eigenvalue weighted by Gasteiger charge is -2.39. The first-order valence-electron chi connectivity index (χ1n) is 14.6. The number of ether oxygens (including phenoxy) is 2. The van der Waals surface area contributed by atoms with Gasteiger partial charge in [0, 0.05) is 50.5 Å². The summed E-state index contributed by atoms with van der Waals surface area (Å²) in [7, 11) is -1.25. The zero-order valence-electron chi connectivity index (χ0n) is 24.3. The van der Waals surface area contributed by atoms with Crippen LogP contribution in [0.2, 0.25) is 25.7 Å². The van der Waals surface area contributed by atoms with Crippen LogP contribution in [0.5, 0.6) is 5.88 Å². The van der Waals surface area contributed by atoms with E-state index in [0.29, 0.717) is 42.4 Å². The minimum atomic E-state index is -1.25. The number of amides is 1. The summed E-state index contributed by atoms with van der Waals surface area (Å²) in [5.41, 5.74) is 2.41. The number of carbonyl (C=O) groups is 1. The molecule has 1 aromatic carbocycles. The number of hydrogen-bond acceptors (Lipinski definition) is 7. The van der Waals surface area contributed by atoms with E-state index >= 15 is 0 Å². The van der Waals surface area contributed by atoms with Gasteiger partial charge in [0.2, 0.25) is 5.88 Å². The average Bonchev–Trinajstić information content (AvgIpc) is 3.33. The summed E-state index contributed by atoms with van der Waals surface area (Å²) < 4.78 is 33.3. The number of pyridine rings is 1. The molecule has 0 saturated heterocycles. The van der Waals surface area contributed by atoms with E-state index in [1.807, 2.05) is 30.3 Å². The Bertz CT molecular complexity index is 1670. The van der Waals surface area contributed by atoms with E-state index in [-0.39, 0.29) is 30.2 Å². The summed E-state index contributed by atoms with van der Waals surface area (Å²) in [6.07, 6.45) is 4.36. The Morgan fingerprint density at radius 2 is 1.88 bits per heavy atom. The third-order valence-corrected chi connectivity index (χ3v) is 9.96. The molecule has 4 aromatic rings. The van der Waals surface area contributed by atoms with Crippen molar-refractivity contribution >= 4 is 41.5 Å². The Balaban J connectivity index is 1.18. The number of para-hydroxylation sites is 1. The van der Waals surface area contributed by atoms with Crippen molar-refractivity contribution in [1.82, 2.24) is 14.9 Å². The van der Waals surface area contributed by atoms with Crippen LogP contribution in [0.15, 0.2) is 51.8 Å². The number of fused-ring (bicyclic) bond motifs is 4. The molecule has 3 aromatic heterocycles. The predicted molar refractivity (Wildman–Crippen MR) is 162 cm³/mol. The lowest BCUT2D eigenvalue weighted by Crippen LogP contribution is -2.49. The van der Waals surface area contributed by atoms with Crippen LogP contribution >= 0.6 is 0 Å². The summed E-state index contributed by atoms with van der Waals surface area (Å²) in [5.74, 6) is -0.363. The molecule has 0 spiro atoms. The molecule has 2 aliphatic rings. The van der Waals surface area contributed by atoms with Crippen LogP contribution in [0, 0.1) is 5.82 Å². The van der Waals surface area contributed by atoms with Crippen molar-refractivity contribution in [2.75, 3.05) is 18.1 Å². The van der Waals surface area contributed by atoms with Gasteiger partial charge >= 0.3 is 5.63 Å². The van der Waals surface area contributed by atoms with Gasteiger partial charge in [-0.05, 0) is 49.9 Å². The highest BCUT2D eigenvalue weighted by Gasteiger charge is 2.35. The van der Waals surface area contributed by atoms with Crippen LogP contribution in [0.25, 0.3) is 21.9 Å². The SMILES string of the molecule is C[Si](C)(C)CCOCn1c(CNC2CCC(N3C(=O)COc4ncc(F)cc43)CC2)cc2c(=O)oc3ccccc3c21. The molecular weight excluding hydrogens is 555 g/mol. The first kappa shape index (κ1) is 28.6. The molecule has 0 atom stereocenters. The highest BCUT2D eigenvalue weighted by atomic mass is 28.3. The highest BCUT2D eigenvalue weighted by molar-refractivity contribution is 6.76. The quantitative estimate of drug-likeness (QED) is 0.157. The number of nitrogens with one attached hydrogen (secondary N) is 1. The van der Waals surface area contributed by atoms with Crippen LogP contribution in [0.1, 0.15) is 31.4 Å². The molecule has 1 saturated carbocycles. The Hall–Kier alpha value is -3.54. The Morgan fingerprint density at radius 3 is 2.67 bits per heavy atom. The number of carbonyl (C=O) groups excluding carboxylic acids is 1. The standard InChI is InChI=1S/C31H37FN4O5Si/c1-42(2,3)13-12-39-19-35-23(15-25-29(35)24-6-4-5-7-27(24)41-31(25)38)17-33-21-8-10-22(11-9-21)36-26-14-20(32)16-34-30(26)40-18-28(36)37/h4-7,14-16,21-22,33H,8-13,17-19H2,1-3H3. The normalized spacial score (nSPS) is 19.3. The van der Waals surface area contributed by atoms with Gasteiger partial charge in [-0.15, -0.1) is 0 Å². The number of rotatable bonds is 9. The third-order valence-electron chi connectivity index (χ3n) is 8.26.